The van der Waals surface area contributed by atoms with Gasteiger partial charge in [-0.25, -0.2) is 4.98 Å². The van der Waals surface area contributed by atoms with E-state index in [1.807, 2.05) is 30.3 Å². The molecule has 1 heterocycles. The number of nitrogens with zero attached hydrogens (tertiary/aromatic N) is 2. The Labute approximate surface area is 110 Å². The minimum atomic E-state index is -0.0687. The number of hydrogen-bond acceptors (Lipinski definition) is 2. The summed E-state index contributed by atoms with van der Waals surface area (Å²) in [5, 5.41) is 0.297. The summed E-state index contributed by atoms with van der Waals surface area (Å²) in [4.78, 5) is 16.4. The van der Waals surface area contributed by atoms with Crippen molar-refractivity contribution in [1.29, 1.82) is 0 Å². The highest BCUT2D eigenvalue weighted by atomic mass is 35.5. The minimum Gasteiger partial charge on any atom is -0.292 e. The lowest BCUT2D eigenvalue weighted by Crippen LogP contribution is -2.24. The van der Waals surface area contributed by atoms with Crippen molar-refractivity contribution >= 4 is 11.6 Å². The van der Waals surface area contributed by atoms with Crippen LogP contribution in [0.2, 0.25) is 5.15 Å². The molecular formula is C14H13ClN2O. The monoisotopic (exact) mass is 260 g/mol. The molecule has 0 amide bonds. The molecule has 92 valence electrons. The van der Waals surface area contributed by atoms with E-state index in [2.05, 4.69) is 4.98 Å². The third kappa shape index (κ3) is 2.31. The van der Waals surface area contributed by atoms with E-state index in [1.165, 1.54) is 6.07 Å². The molecule has 18 heavy (non-hydrogen) atoms. The second-order valence-corrected chi connectivity index (χ2v) is 5.01. The van der Waals surface area contributed by atoms with Crippen molar-refractivity contribution in [2.75, 3.05) is 0 Å². The van der Waals surface area contributed by atoms with Crippen LogP contribution < -0.4 is 5.56 Å². The van der Waals surface area contributed by atoms with Crippen molar-refractivity contribution < 1.29 is 0 Å². The molecule has 1 fully saturated rings. The molecule has 0 N–H and O–H groups in total. The van der Waals surface area contributed by atoms with Crippen LogP contribution in [0.4, 0.5) is 0 Å². The zero-order valence-electron chi connectivity index (χ0n) is 9.84. The topological polar surface area (TPSA) is 34.9 Å². The van der Waals surface area contributed by atoms with Gasteiger partial charge in [-0.2, -0.15) is 0 Å². The van der Waals surface area contributed by atoms with Crippen molar-refractivity contribution in [1.82, 2.24) is 9.55 Å². The molecular weight excluding hydrogens is 248 g/mol. The molecule has 4 heteroatoms. The van der Waals surface area contributed by atoms with Gasteiger partial charge in [-0.05, 0) is 18.4 Å². The molecule has 0 saturated heterocycles. The molecule has 1 aromatic carbocycles. The van der Waals surface area contributed by atoms with Gasteiger partial charge in [-0.1, -0.05) is 41.9 Å². The fourth-order valence-electron chi connectivity index (χ4n) is 2.07. The number of rotatable bonds is 3. The van der Waals surface area contributed by atoms with Crippen LogP contribution in [-0.2, 0) is 6.54 Å². The van der Waals surface area contributed by atoms with Gasteiger partial charge in [0, 0.05) is 12.0 Å². The van der Waals surface area contributed by atoms with Gasteiger partial charge in [-0.3, -0.25) is 9.36 Å². The smallest absolute Gasteiger partial charge is 0.255 e. The van der Waals surface area contributed by atoms with Crippen LogP contribution in [0.1, 0.15) is 30.1 Å². The fraction of sp³-hybridized carbons (Fsp3) is 0.286. The maximum atomic E-state index is 12.0. The van der Waals surface area contributed by atoms with E-state index in [9.17, 15) is 4.79 Å². The summed E-state index contributed by atoms with van der Waals surface area (Å²) in [6.45, 7) is 0.565. The molecule has 0 bridgehead atoms. The number of aromatic nitrogens is 2. The molecule has 1 aromatic heterocycles. The van der Waals surface area contributed by atoms with Crippen LogP contribution in [-0.4, -0.2) is 9.55 Å². The van der Waals surface area contributed by atoms with Crippen LogP contribution in [0.3, 0.4) is 0 Å². The van der Waals surface area contributed by atoms with Crippen molar-refractivity contribution in [2.24, 2.45) is 0 Å². The van der Waals surface area contributed by atoms with E-state index in [4.69, 9.17) is 11.6 Å². The fourth-order valence-corrected chi connectivity index (χ4v) is 2.25. The van der Waals surface area contributed by atoms with E-state index in [0.717, 1.165) is 24.2 Å². The molecule has 2 aromatic rings. The van der Waals surface area contributed by atoms with Crippen molar-refractivity contribution in [3.05, 3.63) is 63.3 Å². The van der Waals surface area contributed by atoms with Crippen LogP contribution in [0, 0.1) is 0 Å². The Hall–Kier alpha value is -1.61. The molecule has 1 aliphatic carbocycles. The van der Waals surface area contributed by atoms with Gasteiger partial charge in [-0.15, -0.1) is 0 Å². The molecule has 0 unspecified atom stereocenters. The first-order valence-corrected chi connectivity index (χ1v) is 6.43. The number of benzene rings is 1. The van der Waals surface area contributed by atoms with Gasteiger partial charge >= 0.3 is 0 Å². The highest BCUT2D eigenvalue weighted by molar-refractivity contribution is 6.29. The maximum absolute atomic E-state index is 12.0. The minimum absolute atomic E-state index is 0.0687. The van der Waals surface area contributed by atoms with E-state index >= 15 is 0 Å². The standard InChI is InChI=1S/C14H13ClN2O/c15-12-8-13(18)17(14(16-12)11-6-7-11)9-10-4-2-1-3-5-10/h1-5,8,11H,6-7,9H2. The van der Waals surface area contributed by atoms with E-state index in [1.54, 1.807) is 4.57 Å². The van der Waals surface area contributed by atoms with Crippen LogP contribution in [0.15, 0.2) is 41.2 Å². The molecule has 0 aliphatic heterocycles. The van der Waals surface area contributed by atoms with Crippen molar-refractivity contribution in [3.63, 3.8) is 0 Å². The summed E-state index contributed by atoms with van der Waals surface area (Å²) in [5.41, 5.74) is 1.03. The molecule has 0 radical (unpaired) electrons. The van der Waals surface area contributed by atoms with E-state index in [0.29, 0.717) is 17.6 Å². The average Bonchev–Trinajstić information content (AvgIpc) is 3.18. The quantitative estimate of drug-likeness (QED) is 0.796. The highest BCUT2D eigenvalue weighted by Gasteiger charge is 2.28. The maximum Gasteiger partial charge on any atom is 0.255 e. The Kier molecular flexibility index (Phi) is 2.92. The third-order valence-corrected chi connectivity index (χ3v) is 3.33. The Balaban J connectivity index is 2.03. The normalized spacial score (nSPS) is 14.7. The zero-order valence-corrected chi connectivity index (χ0v) is 10.6. The van der Waals surface area contributed by atoms with E-state index < -0.39 is 0 Å². The molecule has 0 spiro atoms. The molecule has 3 rings (SSSR count). The predicted octanol–water partition coefficient (Wildman–Crippen LogP) is 2.82. The number of halogens is 1. The first-order chi connectivity index (χ1) is 8.74. The Morgan fingerprint density at radius 3 is 2.67 bits per heavy atom. The molecule has 3 nitrogen and oxygen atoms in total. The van der Waals surface area contributed by atoms with Gasteiger partial charge in [0.2, 0.25) is 0 Å². The summed E-state index contributed by atoms with van der Waals surface area (Å²) < 4.78 is 1.74. The largest absolute Gasteiger partial charge is 0.292 e. The summed E-state index contributed by atoms with van der Waals surface area (Å²) in [6.07, 6.45) is 2.20. The number of hydrogen-bond donors (Lipinski definition) is 0. The lowest BCUT2D eigenvalue weighted by atomic mass is 10.2. The first kappa shape index (κ1) is 11.5. The third-order valence-electron chi connectivity index (χ3n) is 3.13. The molecule has 0 atom stereocenters. The highest BCUT2D eigenvalue weighted by Crippen LogP contribution is 2.38. The summed E-state index contributed by atoms with van der Waals surface area (Å²) in [7, 11) is 0. The van der Waals surface area contributed by atoms with Gasteiger partial charge in [0.25, 0.3) is 5.56 Å². The van der Waals surface area contributed by atoms with Crippen LogP contribution in [0.5, 0.6) is 0 Å². The average molecular weight is 261 g/mol. The van der Waals surface area contributed by atoms with Gasteiger partial charge in [0.05, 0.1) is 6.54 Å². The van der Waals surface area contributed by atoms with Gasteiger partial charge in [0.15, 0.2) is 0 Å². The summed E-state index contributed by atoms with van der Waals surface area (Å²) >= 11 is 5.87. The van der Waals surface area contributed by atoms with Gasteiger partial charge in [0.1, 0.15) is 11.0 Å². The zero-order chi connectivity index (χ0) is 12.5. The molecule has 1 aliphatic rings. The predicted molar refractivity (Wildman–Crippen MR) is 71.0 cm³/mol. The molecule has 1 saturated carbocycles. The first-order valence-electron chi connectivity index (χ1n) is 6.05. The van der Waals surface area contributed by atoms with Crippen molar-refractivity contribution in [2.45, 2.75) is 25.3 Å². The summed E-state index contributed by atoms with van der Waals surface area (Å²) in [6, 6.07) is 11.3. The van der Waals surface area contributed by atoms with Crippen LogP contribution in [0.25, 0.3) is 0 Å². The summed E-state index contributed by atoms with van der Waals surface area (Å²) in [5.74, 6) is 1.23. The Morgan fingerprint density at radius 2 is 2.00 bits per heavy atom. The van der Waals surface area contributed by atoms with Gasteiger partial charge < -0.3 is 0 Å². The Morgan fingerprint density at radius 1 is 1.28 bits per heavy atom. The lowest BCUT2D eigenvalue weighted by Gasteiger charge is -2.11. The van der Waals surface area contributed by atoms with Crippen LogP contribution >= 0.6 is 11.6 Å². The Bertz CT molecular complexity index is 617. The lowest BCUT2D eigenvalue weighted by molar-refractivity contribution is 0.669. The second-order valence-electron chi connectivity index (χ2n) is 4.62. The van der Waals surface area contributed by atoms with Crippen molar-refractivity contribution in [3.8, 4) is 0 Å². The second kappa shape index (κ2) is 4.58. The van der Waals surface area contributed by atoms with E-state index in [-0.39, 0.29) is 5.56 Å². The SMILES string of the molecule is O=c1cc(Cl)nc(C2CC2)n1Cc1ccccc1.